The molecule has 0 bridgehead atoms. The molecule has 22 heavy (non-hydrogen) atoms. The molecule has 0 radical (unpaired) electrons. The number of carbonyl (C=O) groups is 2. The molecule has 6 heteroatoms. The number of carboxylic acid groups (broad SMARTS) is 1. The van der Waals surface area contributed by atoms with Crippen molar-refractivity contribution in [2.75, 3.05) is 11.5 Å². The Morgan fingerprint density at radius 3 is 2.59 bits per heavy atom. The quantitative estimate of drug-likeness (QED) is 0.858. The number of halogens is 1. The lowest BCUT2D eigenvalue weighted by molar-refractivity contribution is -0.143. The number of amides is 1. The maximum Gasteiger partial charge on any atom is 0.330 e. The molecule has 1 saturated heterocycles. The van der Waals surface area contributed by atoms with E-state index in [4.69, 9.17) is 0 Å². The van der Waals surface area contributed by atoms with Crippen LogP contribution in [0, 0.1) is 0 Å². The second-order valence-electron chi connectivity index (χ2n) is 5.35. The number of nitrogens with one attached hydrogen (secondary N) is 1. The van der Waals surface area contributed by atoms with Gasteiger partial charge in [-0.1, -0.05) is 28.1 Å². The summed E-state index contributed by atoms with van der Waals surface area (Å²) in [6.45, 7) is 0. The minimum atomic E-state index is -1.14. The van der Waals surface area contributed by atoms with E-state index in [2.05, 4.69) is 21.2 Å². The molecule has 1 aliphatic heterocycles. The van der Waals surface area contributed by atoms with E-state index in [-0.39, 0.29) is 5.91 Å². The molecule has 1 amide bonds. The topological polar surface area (TPSA) is 66.4 Å². The number of rotatable bonds is 3. The summed E-state index contributed by atoms with van der Waals surface area (Å²) in [5, 5.41) is 14.1. The first-order chi connectivity index (χ1) is 10.5. The molecule has 1 fully saturated rings. The minimum absolute atomic E-state index is 0.338. The monoisotopic (exact) mass is 379 g/mol. The molecule has 4 nitrogen and oxygen atoms in total. The molecule has 2 aromatic rings. The van der Waals surface area contributed by atoms with E-state index in [1.165, 1.54) is 0 Å². The van der Waals surface area contributed by atoms with Gasteiger partial charge in [0.15, 0.2) is 0 Å². The lowest BCUT2D eigenvalue weighted by atomic mass is 9.98. The largest absolute Gasteiger partial charge is 0.479 e. The van der Waals surface area contributed by atoms with E-state index in [9.17, 15) is 14.7 Å². The number of thioether (sulfide) groups is 1. The van der Waals surface area contributed by atoms with Crippen LogP contribution >= 0.6 is 27.7 Å². The van der Waals surface area contributed by atoms with Crippen molar-refractivity contribution in [3.8, 4) is 0 Å². The molecule has 1 aliphatic rings. The number of carboxylic acids is 1. The normalized spacial score (nSPS) is 21.0. The van der Waals surface area contributed by atoms with Gasteiger partial charge in [-0.25, -0.2) is 4.79 Å². The maximum absolute atomic E-state index is 12.4. The molecule has 3 rings (SSSR count). The summed E-state index contributed by atoms with van der Waals surface area (Å²) in [6, 6.07) is 11.2. The SMILES string of the molecule is O=C(NC1(C(=O)O)CCSC1)c1ccc2cc(Br)ccc2c1. The lowest BCUT2D eigenvalue weighted by Gasteiger charge is -2.24. The molecular weight excluding hydrogens is 366 g/mol. The third-order valence-corrected chi connectivity index (χ3v) is 5.53. The van der Waals surface area contributed by atoms with Gasteiger partial charge in [0.1, 0.15) is 5.54 Å². The molecule has 2 aromatic carbocycles. The number of fused-ring (bicyclic) bond motifs is 1. The van der Waals surface area contributed by atoms with Crippen molar-refractivity contribution in [1.82, 2.24) is 5.32 Å². The first-order valence-corrected chi connectivity index (χ1v) is 8.78. The highest BCUT2D eigenvalue weighted by atomic mass is 79.9. The third kappa shape index (κ3) is 2.85. The summed E-state index contributed by atoms with van der Waals surface area (Å²) in [6.07, 6.45) is 0.458. The van der Waals surface area contributed by atoms with Crippen LogP contribution in [0.4, 0.5) is 0 Å². The summed E-state index contributed by atoms with van der Waals surface area (Å²) < 4.78 is 0.977. The zero-order valence-electron chi connectivity index (χ0n) is 11.6. The van der Waals surface area contributed by atoms with Gasteiger partial charge < -0.3 is 10.4 Å². The van der Waals surface area contributed by atoms with Gasteiger partial charge in [0.2, 0.25) is 0 Å². The van der Waals surface area contributed by atoms with Crippen LogP contribution in [0.5, 0.6) is 0 Å². The highest BCUT2D eigenvalue weighted by Gasteiger charge is 2.43. The van der Waals surface area contributed by atoms with Crippen LogP contribution in [0.25, 0.3) is 10.8 Å². The molecular formula is C16H14BrNO3S. The zero-order chi connectivity index (χ0) is 15.7. The Morgan fingerprint density at radius 1 is 1.18 bits per heavy atom. The van der Waals surface area contributed by atoms with Crippen molar-refractivity contribution in [3.63, 3.8) is 0 Å². The Hall–Kier alpha value is -1.53. The smallest absolute Gasteiger partial charge is 0.330 e. The van der Waals surface area contributed by atoms with Crippen LogP contribution in [-0.4, -0.2) is 34.0 Å². The number of benzene rings is 2. The maximum atomic E-state index is 12.4. The van der Waals surface area contributed by atoms with Crippen molar-refractivity contribution in [1.29, 1.82) is 0 Å². The van der Waals surface area contributed by atoms with Gasteiger partial charge in [0.25, 0.3) is 5.91 Å². The van der Waals surface area contributed by atoms with Gasteiger partial charge in [-0.15, -0.1) is 0 Å². The summed E-state index contributed by atoms with van der Waals surface area (Å²) in [5.41, 5.74) is -0.663. The van der Waals surface area contributed by atoms with E-state index in [1.807, 2.05) is 24.3 Å². The Morgan fingerprint density at radius 2 is 1.91 bits per heavy atom. The molecule has 114 valence electrons. The molecule has 2 N–H and O–H groups in total. The predicted molar refractivity (Wildman–Crippen MR) is 91.4 cm³/mol. The fourth-order valence-corrected chi connectivity index (χ4v) is 4.24. The Labute approximate surface area is 140 Å². The van der Waals surface area contributed by atoms with E-state index in [1.54, 1.807) is 23.9 Å². The van der Waals surface area contributed by atoms with Crippen molar-refractivity contribution in [2.45, 2.75) is 12.0 Å². The highest BCUT2D eigenvalue weighted by molar-refractivity contribution is 9.10. The fourth-order valence-electron chi connectivity index (χ4n) is 2.53. The van der Waals surface area contributed by atoms with Crippen LogP contribution in [-0.2, 0) is 4.79 Å². The Kier molecular flexibility index (Phi) is 4.14. The minimum Gasteiger partial charge on any atom is -0.479 e. The standard InChI is InChI=1S/C16H14BrNO3S/c17-13-4-3-10-7-12(2-1-11(10)8-13)14(19)18-16(15(20)21)5-6-22-9-16/h1-4,7-8H,5-6,9H2,(H,18,19)(H,20,21). The van der Waals surface area contributed by atoms with Gasteiger partial charge in [-0.3, -0.25) is 4.79 Å². The second kappa shape index (κ2) is 5.93. The van der Waals surface area contributed by atoms with E-state index in [0.717, 1.165) is 21.0 Å². The second-order valence-corrected chi connectivity index (χ2v) is 7.37. The molecule has 0 spiro atoms. The van der Waals surface area contributed by atoms with Crippen LogP contribution in [0.2, 0.25) is 0 Å². The lowest BCUT2D eigenvalue weighted by Crippen LogP contribution is -2.54. The fraction of sp³-hybridized carbons (Fsp3) is 0.250. The van der Waals surface area contributed by atoms with Crippen LogP contribution in [0.3, 0.4) is 0 Å². The van der Waals surface area contributed by atoms with E-state index in [0.29, 0.717) is 17.7 Å². The van der Waals surface area contributed by atoms with Crippen molar-refractivity contribution in [3.05, 3.63) is 46.4 Å². The predicted octanol–water partition coefficient (Wildman–Crippen LogP) is 3.29. The first kappa shape index (κ1) is 15.4. The molecule has 1 heterocycles. The molecule has 1 unspecified atom stereocenters. The summed E-state index contributed by atoms with van der Waals surface area (Å²) in [7, 11) is 0. The Balaban J connectivity index is 1.88. The van der Waals surface area contributed by atoms with Crippen LogP contribution < -0.4 is 5.32 Å². The molecule has 0 aliphatic carbocycles. The number of hydrogen-bond acceptors (Lipinski definition) is 3. The van der Waals surface area contributed by atoms with Crippen molar-refractivity contribution < 1.29 is 14.7 Å². The highest BCUT2D eigenvalue weighted by Crippen LogP contribution is 2.29. The number of hydrogen-bond donors (Lipinski definition) is 2. The first-order valence-electron chi connectivity index (χ1n) is 6.83. The van der Waals surface area contributed by atoms with Crippen molar-refractivity contribution in [2.24, 2.45) is 0 Å². The average molecular weight is 380 g/mol. The Bertz CT molecular complexity index is 756. The summed E-state index contributed by atoms with van der Waals surface area (Å²) in [4.78, 5) is 23.9. The summed E-state index contributed by atoms with van der Waals surface area (Å²) in [5.74, 6) is -0.141. The van der Waals surface area contributed by atoms with Gasteiger partial charge in [-0.2, -0.15) is 11.8 Å². The van der Waals surface area contributed by atoms with Gasteiger partial charge in [0.05, 0.1) is 0 Å². The van der Waals surface area contributed by atoms with Gasteiger partial charge >= 0.3 is 5.97 Å². The molecule has 1 atom stereocenters. The van der Waals surface area contributed by atoms with Crippen LogP contribution in [0.1, 0.15) is 16.8 Å². The third-order valence-electron chi connectivity index (χ3n) is 3.85. The number of carbonyl (C=O) groups excluding carboxylic acids is 1. The van der Waals surface area contributed by atoms with Gasteiger partial charge in [-0.05, 0) is 47.2 Å². The van der Waals surface area contributed by atoms with Crippen LogP contribution in [0.15, 0.2) is 40.9 Å². The molecule has 0 saturated carbocycles. The van der Waals surface area contributed by atoms with E-state index < -0.39 is 11.5 Å². The van der Waals surface area contributed by atoms with Gasteiger partial charge in [0, 0.05) is 15.8 Å². The average Bonchev–Trinajstić information content (AvgIpc) is 2.96. The van der Waals surface area contributed by atoms with E-state index >= 15 is 0 Å². The summed E-state index contributed by atoms with van der Waals surface area (Å²) >= 11 is 4.96. The molecule has 0 aromatic heterocycles. The zero-order valence-corrected chi connectivity index (χ0v) is 14.0. The van der Waals surface area contributed by atoms with Crippen molar-refractivity contribution >= 4 is 50.3 Å². The number of aliphatic carboxylic acids is 1.